The highest BCUT2D eigenvalue weighted by Gasteiger charge is 2.64. The lowest BCUT2D eigenvalue weighted by Gasteiger charge is -2.25. The van der Waals surface area contributed by atoms with E-state index in [-0.39, 0.29) is 0 Å². The maximum absolute atomic E-state index is 5.95. The molecule has 0 amide bonds. The third-order valence-corrected chi connectivity index (χ3v) is 4.52. The van der Waals surface area contributed by atoms with Crippen LogP contribution in [0.25, 0.3) is 0 Å². The summed E-state index contributed by atoms with van der Waals surface area (Å²) in [6, 6.07) is 0. The molecule has 0 bridgehead atoms. The molecule has 2 heteroatoms. The van der Waals surface area contributed by atoms with Crippen LogP contribution in [0.15, 0.2) is 0 Å². The quantitative estimate of drug-likeness (QED) is 0.698. The average molecular weight is 182 g/mol. The Labute approximate surface area is 81.5 Å². The Kier molecular flexibility index (Phi) is 1.97. The minimum atomic E-state index is 0.484. The van der Waals surface area contributed by atoms with Crippen molar-refractivity contribution in [3.05, 3.63) is 0 Å². The fourth-order valence-corrected chi connectivity index (χ4v) is 3.34. The van der Waals surface area contributed by atoms with Crippen molar-refractivity contribution < 1.29 is 0 Å². The van der Waals surface area contributed by atoms with Crippen molar-refractivity contribution in [2.24, 2.45) is 22.5 Å². The van der Waals surface area contributed by atoms with Gasteiger partial charge in [-0.15, -0.1) is 0 Å². The summed E-state index contributed by atoms with van der Waals surface area (Å²) in [7, 11) is 2.22. The normalized spacial score (nSPS) is 43.8. The zero-order valence-electron chi connectivity index (χ0n) is 9.14. The highest BCUT2D eigenvalue weighted by atomic mass is 15.1. The second-order valence-electron chi connectivity index (χ2n) is 5.67. The van der Waals surface area contributed by atoms with Crippen LogP contribution in [0, 0.1) is 16.7 Å². The molecule has 0 aromatic heterocycles. The lowest BCUT2D eigenvalue weighted by molar-refractivity contribution is 0.250. The van der Waals surface area contributed by atoms with Gasteiger partial charge in [-0.3, -0.25) is 0 Å². The maximum Gasteiger partial charge on any atom is 0.00131 e. The van der Waals surface area contributed by atoms with E-state index in [4.69, 9.17) is 5.73 Å². The van der Waals surface area contributed by atoms with E-state index in [1.807, 2.05) is 0 Å². The summed E-state index contributed by atoms with van der Waals surface area (Å²) < 4.78 is 0. The van der Waals surface area contributed by atoms with E-state index in [0.29, 0.717) is 10.8 Å². The van der Waals surface area contributed by atoms with Gasteiger partial charge < -0.3 is 10.6 Å². The fourth-order valence-electron chi connectivity index (χ4n) is 3.34. The van der Waals surface area contributed by atoms with Crippen molar-refractivity contribution in [2.75, 3.05) is 26.7 Å². The molecule has 0 aromatic rings. The first-order chi connectivity index (χ1) is 6.02. The second-order valence-corrected chi connectivity index (χ2v) is 5.67. The molecule has 2 nitrogen and oxygen atoms in total. The smallest absolute Gasteiger partial charge is 0.00131 e. The molecule has 2 atom stereocenters. The van der Waals surface area contributed by atoms with Crippen LogP contribution >= 0.6 is 0 Å². The standard InChI is InChI=1S/C11H22N2/c1-10(2)7-11(10,8-12)9-4-5-13(3)6-9/h9H,4-8,12H2,1-3H3. The summed E-state index contributed by atoms with van der Waals surface area (Å²) in [4.78, 5) is 2.44. The van der Waals surface area contributed by atoms with Crippen LogP contribution in [0.5, 0.6) is 0 Å². The van der Waals surface area contributed by atoms with Crippen molar-refractivity contribution in [3.63, 3.8) is 0 Å². The van der Waals surface area contributed by atoms with Crippen molar-refractivity contribution in [1.82, 2.24) is 4.90 Å². The summed E-state index contributed by atoms with van der Waals surface area (Å²) in [5, 5.41) is 0. The molecule has 76 valence electrons. The topological polar surface area (TPSA) is 29.3 Å². The summed E-state index contributed by atoms with van der Waals surface area (Å²) >= 11 is 0. The Morgan fingerprint density at radius 3 is 2.38 bits per heavy atom. The summed E-state index contributed by atoms with van der Waals surface area (Å²) in [6.07, 6.45) is 2.70. The monoisotopic (exact) mass is 182 g/mol. The number of rotatable bonds is 2. The van der Waals surface area contributed by atoms with E-state index in [0.717, 1.165) is 12.5 Å². The van der Waals surface area contributed by atoms with Gasteiger partial charge in [-0.05, 0) is 49.7 Å². The van der Waals surface area contributed by atoms with E-state index in [9.17, 15) is 0 Å². The van der Waals surface area contributed by atoms with Crippen LogP contribution in [0.2, 0.25) is 0 Å². The largest absolute Gasteiger partial charge is 0.330 e. The number of nitrogens with zero attached hydrogens (tertiary/aromatic N) is 1. The van der Waals surface area contributed by atoms with Gasteiger partial charge in [0.1, 0.15) is 0 Å². The molecular weight excluding hydrogens is 160 g/mol. The molecule has 1 saturated heterocycles. The minimum absolute atomic E-state index is 0.484. The van der Waals surface area contributed by atoms with Crippen LogP contribution in [-0.2, 0) is 0 Å². The first-order valence-corrected chi connectivity index (χ1v) is 5.40. The van der Waals surface area contributed by atoms with Crippen LogP contribution in [0.3, 0.4) is 0 Å². The lowest BCUT2D eigenvalue weighted by Crippen LogP contribution is -2.31. The van der Waals surface area contributed by atoms with E-state index in [2.05, 4.69) is 25.8 Å². The average Bonchev–Trinajstić information content (AvgIpc) is 2.43. The van der Waals surface area contributed by atoms with Crippen molar-refractivity contribution in [2.45, 2.75) is 26.7 Å². The van der Waals surface area contributed by atoms with Crippen LogP contribution in [0.4, 0.5) is 0 Å². The van der Waals surface area contributed by atoms with E-state index >= 15 is 0 Å². The van der Waals surface area contributed by atoms with Crippen LogP contribution < -0.4 is 5.73 Å². The summed E-state index contributed by atoms with van der Waals surface area (Å²) in [6.45, 7) is 8.16. The summed E-state index contributed by atoms with van der Waals surface area (Å²) in [5.74, 6) is 0.859. The molecule has 2 fully saturated rings. The second kappa shape index (κ2) is 2.71. The van der Waals surface area contributed by atoms with Gasteiger partial charge in [0.15, 0.2) is 0 Å². The zero-order valence-corrected chi connectivity index (χ0v) is 9.14. The van der Waals surface area contributed by atoms with Crippen LogP contribution in [-0.4, -0.2) is 31.6 Å². The molecule has 1 aliphatic carbocycles. The van der Waals surface area contributed by atoms with Crippen molar-refractivity contribution in [3.8, 4) is 0 Å². The zero-order chi connectivity index (χ0) is 9.69. The van der Waals surface area contributed by atoms with Gasteiger partial charge in [0, 0.05) is 6.54 Å². The molecule has 2 rings (SSSR count). The molecule has 1 aliphatic heterocycles. The Morgan fingerprint density at radius 1 is 1.46 bits per heavy atom. The molecular formula is C11H22N2. The predicted octanol–water partition coefficient (Wildman–Crippen LogP) is 1.31. The van der Waals surface area contributed by atoms with Gasteiger partial charge in [0.05, 0.1) is 0 Å². The molecule has 2 unspecified atom stereocenters. The number of likely N-dealkylation sites (tertiary alicyclic amines) is 1. The van der Waals surface area contributed by atoms with Gasteiger partial charge >= 0.3 is 0 Å². The van der Waals surface area contributed by atoms with Gasteiger partial charge in [-0.1, -0.05) is 13.8 Å². The number of nitrogens with two attached hydrogens (primary N) is 1. The molecule has 0 spiro atoms. The van der Waals surface area contributed by atoms with Crippen LogP contribution in [0.1, 0.15) is 26.7 Å². The maximum atomic E-state index is 5.95. The molecule has 1 heterocycles. The highest BCUT2D eigenvalue weighted by molar-refractivity contribution is 5.14. The first-order valence-electron chi connectivity index (χ1n) is 5.40. The summed E-state index contributed by atoms with van der Waals surface area (Å²) in [5.41, 5.74) is 6.95. The van der Waals surface area contributed by atoms with Gasteiger partial charge in [-0.25, -0.2) is 0 Å². The predicted molar refractivity (Wildman–Crippen MR) is 55.5 cm³/mol. The van der Waals surface area contributed by atoms with Gasteiger partial charge in [0.2, 0.25) is 0 Å². The molecule has 0 aromatic carbocycles. The first kappa shape index (κ1) is 9.47. The molecule has 1 saturated carbocycles. The molecule has 0 radical (unpaired) electrons. The molecule has 2 N–H and O–H groups in total. The third kappa shape index (κ3) is 1.23. The molecule has 13 heavy (non-hydrogen) atoms. The number of hydrogen-bond donors (Lipinski definition) is 1. The van der Waals surface area contributed by atoms with Gasteiger partial charge in [-0.2, -0.15) is 0 Å². The highest BCUT2D eigenvalue weighted by Crippen LogP contribution is 2.68. The Morgan fingerprint density at radius 2 is 2.08 bits per heavy atom. The van der Waals surface area contributed by atoms with E-state index in [1.165, 1.54) is 25.9 Å². The SMILES string of the molecule is CN1CCC(C2(CN)CC2(C)C)C1. The third-order valence-electron chi connectivity index (χ3n) is 4.52. The van der Waals surface area contributed by atoms with E-state index in [1.54, 1.807) is 0 Å². The Bertz CT molecular complexity index is 212. The van der Waals surface area contributed by atoms with Crippen molar-refractivity contribution in [1.29, 1.82) is 0 Å². The Hall–Kier alpha value is -0.0800. The van der Waals surface area contributed by atoms with Gasteiger partial charge in [0.25, 0.3) is 0 Å². The fraction of sp³-hybridized carbons (Fsp3) is 1.00. The molecule has 2 aliphatic rings. The van der Waals surface area contributed by atoms with Crippen molar-refractivity contribution >= 4 is 0 Å². The number of hydrogen-bond acceptors (Lipinski definition) is 2. The lowest BCUT2D eigenvalue weighted by atomic mass is 9.82. The van der Waals surface area contributed by atoms with E-state index < -0.39 is 0 Å². The Balaban J connectivity index is 2.08. The minimum Gasteiger partial charge on any atom is -0.330 e.